The van der Waals surface area contributed by atoms with Gasteiger partial charge in [0, 0.05) is 31.1 Å². The Morgan fingerprint density at radius 2 is 2.00 bits per heavy atom. The molecule has 1 aliphatic rings. The predicted molar refractivity (Wildman–Crippen MR) is 78.5 cm³/mol. The van der Waals surface area contributed by atoms with Gasteiger partial charge in [-0.05, 0) is 19.1 Å². The Kier molecular flexibility index (Phi) is 4.96. The first kappa shape index (κ1) is 15.9. The topological polar surface area (TPSA) is 86.8 Å². The lowest BCUT2D eigenvalue weighted by Gasteiger charge is -2.32. The van der Waals surface area contributed by atoms with Gasteiger partial charge in [-0.15, -0.1) is 11.3 Å². The third-order valence-electron chi connectivity index (χ3n) is 3.21. The summed E-state index contributed by atoms with van der Waals surface area (Å²) in [7, 11) is -3.63. The van der Waals surface area contributed by atoms with Crippen molar-refractivity contribution in [1.82, 2.24) is 14.5 Å². The van der Waals surface area contributed by atoms with Crippen molar-refractivity contribution >= 4 is 33.7 Å². The number of hydrogen-bond donors (Lipinski definition) is 1. The lowest BCUT2D eigenvalue weighted by Crippen LogP contribution is -2.50. The smallest absolute Gasteiger partial charge is 0.250 e. The minimum absolute atomic E-state index is 0.207. The molecular formula is C12H17N3O4S2. The first-order valence-electron chi connectivity index (χ1n) is 6.45. The maximum absolute atomic E-state index is 12.0. The monoisotopic (exact) mass is 331 g/mol. The molecule has 0 aromatic carbocycles. The molecule has 0 spiro atoms. The van der Waals surface area contributed by atoms with E-state index in [0.29, 0.717) is 26.2 Å². The van der Waals surface area contributed by atoms with Crippen LogP contribution in [0.15, 0.2) is 16.3 Å². The molecule has 0 aliphatic carbocycles. The summed E-state index contributed by atoms with van der Waals surface area (Å²) < 4.78 is 26.5. The average Bonchev–Trinajstić information content (AvgIpc) is 2.92. The van der Waals surface area contributed by atoms with Crippen molar-refractivity contribution in [1.29, 1.82) is 0 Å². The van der Waals surface area contributed by atoms with Crippen LogP contribution in [0.2, 0.25) is 0 Å². The molecule has 0 atom stereocenters. The fraction of sp³-hybridized carbons (Fsp3) is 0.500. The van der Waals surface area contributed by atoms with E-state index in [2.05, 4.69) is 4.72 Å². The third-order valence-corrected chi connectivity index (χ3v) is 6.10. The molecular weight excluding hydrogens is 314 g/mol. The van der Waals surface area contributed by atoms with E-state index in [0.717, 1.165) is 22.6 Å². The van der Waals surface area contributed by atoms with E-state index in [1.54, 1.807) is 15.9 Å². The van der Waals surface area contributed by atoms with Crippen LogP contribution in [0.1, 0.15) is 4.88 Å². The summed E-state index contributed by atoms with van der Waals surface area (Å²) in [6.07, 6.45) is 0.754. The molecule has 2 heterocycles. The lowest BCUT2D eigenvalue weighted by atomic mass is 10.3. The average molecular weight is 331 g/mol. The summed E-state index contributed by atoms with van der Waals surface area (Å²) in [5.41, 5.74) is 0. The van der Waals surface area contributed by atoms with Crippen molar-refractivity contribution in [3.8, 4) is 0 Å². The van der Waals surface area contributed by atoms with E-state index < -0.39 is 10.0 Å². The van der Waals surface area contributed by atoms with Crippen LogP contribution >= 0.6 is 11.3 Å². The first-order chi connectivity index (χ1) is 9.92. The van der Waals surface area contributed by atoms with Gasteiger partial charge < -0.3 is 9.80 Å². The second-order valence-electron chi connectivity index (χ2n) is 4.71. The molecule has 1 N–H and O–H groups in total. The molecule has 1 fully saturated rings. The Labute approximate surface area is 127 Å². The van der Waals surface area contributed by atoms with Crippen LogP contribution in [0.3, 0.4) is 0 Å². The van der Waals surface area contributed by atoms with Gasteiger partial charge in [0.05, 0.1) is 6.54 Å². The highest BCUT2D eigenvalue weighted by molar-refractivity contribution is 7.91. The molecule has 1 saturated heterocycles. The van der Waals surface area contributed by atoms with E-state index in [1.165, 1.54) is 6.07 Å². The van der Waals surface area contributed by atoms with Crippen LogP contribution in [0.4, 0.5) is 0 Å². The SMILES string of the molecule is Cc1ccc(S(=O)(=O)NCC(=O)N2CCN(C=O)CC2)s1. The van der Waals surface area contributed by atoms with Gasteiger partial charge in [-0.1, -0.05) is 0 Å². The molecule has 0 bridgehead atoms. The zero-order valence-electron chi connectivity index (χ0n) is 11.6. The van der Waals surface area contributed by atoms with Crippen molar-refractivity contribution < 1.29 is 18.0 Å². The summed E-state index contributed by atoms with van der Waals surface area (Å²) in [5, 5.41) is 0. The molecule has 7 nitrogen and oxygen atoms in total. The summed E-state index contributed by atoms with van der Waals surface area (Å²) >= 11 is 1.16. The van der Waals surface area contributed by atoms with E-state index in [-0.39, 0.29) is 16.7 Å². The number of thiophene rings is 1. The Hall–Kier alpha value is -1.45. The number of carbonyl (C=O) groups excluding carboxylic acids is 2. The maximum Gasteiger partial charge on any atom is 0.250 e. The molecule has 2 amide bonds. The fourth-order valence-electron chi connectivity index (χ4n) is 1.97. The van der Waals surface area contributed by atoms with Gasteiger partial charge in [0.25, 0.3) is 10.0 Å². The number of sulfonamides is 1. The van der Waals surface area contributed by atoms with E-state index >= 15 is 0 Å². The van der Waals surface area contributed by atoms with Crippen molar-refractivity contribution in [2.24, 2.45) is 0 Å². The molecule has 0 saturated carbocycles. The number of nitrogens with one attached hydrogen (secondary N) is 1. The fourth-order valence-corrected chi connectivity index (χ4v) is 4.28. The number of carbonyl (C=O) groups is 2. The molecule has 9 heteroatoms. The van der Waals surface area contributed by atoms with E-state index in [1.807, 2.05) is 6.92 Å². The molecule has 1 aromatic heterocycles. The van der Waals surface area contributed by atoms with E-state index in [9.17, 15) is 18.0 Å². The summed E-state index contributed by atoms with van der Waals surface area (Å²) in [6, 6.07) is 3.25. The summed E-state index contributed by atoms with van der Waals surface area (Å²) in [4.78, 5) is 26.6. The van der Waals surface area contributed by atoms with E-state index in [4.69, 9.17) is 0 Å². The number of aryl methyl sites for hydroxylation is 1. The van der Waals surface area contributed by atoms with Gasteiger partial charge in [-0.2, -0.15) is 0 Å². The molecule has 0 unspecified atom stereocenters. The highest BCUT2D eigenvalue weighted by Crippen LogP contribution is 2.20. The molecule has 1 aromatic rings. The highest BCUT2D eigenvalue weighted by Gasteiger charge is 2.22. The molecule has 0 radical (unpaired) electrons. The summed E-state index contributed by atoms with van der Waals surface area (Å²) in [6.45, 7) is 3.37. The number of hydrogen-bond acceptors (Lipinski definition) is 5. The molecule has 2 rings (SSSR count). The second kappa shape index (κ2) is 6.54. The maximum atomic E-state index is 12.0. The quantitative estimate of drug-likeness (QED) is 0.746. The van der Waals surface area contributed by atoms with Crippen LogP contribution < -0.4 is 4.72 Å². The first-order valence-corrected chi connectivity index (χ1v) is 8.75. The zero-order chi connectivity index (χ0) is 15.5. The Bertz CT molecular complexity index is 618. The Morgan fingerprint density at radius 1 is 1.33 bits per heavy atom. The van der Waals surface area contributed by atoms with Crippen LogP contribution in [0, 0.1) is 6.92 Å². The number of piperazine rings is 1. The minimum atomic E-state index is -3.63. The van der Waals surface area contributed by atoms with Gasteiger partial charge in [-0.3, -0.25) is 9.59 Å². The molecule has 116 valence electrons. The lowest BCUT2D eigenvalue weighted by molar-refractivity contribution is -0.134. The van der Waals surface area contributed by atoms with Gasteiger partial charge >= 0.3 is 0 Å². The van der Waals surface area contributed by atoms with Crippen molar-refractivity contribution in [2.45, 2.75) is 11.1 Å². The third kappa shape index (κ3) is 4.02. The van der Waals surface area contributed by atoms with Crippen molar-refractivity contribution in [3.63, 3.8) is 0 Å². The van der Waals surface area contributed by atoms with Crippen molar-refractivity contribution in [2.75, 3.05) is 32.7 Å². The van der Waals surface area contributed by atoms with Crippen molar-refractivity contribution in [3.05, 3.63) is 17.0 Å². The normalized spacial score (nSPS) is 16.0. The largest absolute Gasteiger partial charge is 0.342 e. The minimum Gasteiger partial charge on any atom is -0.342 e. The summed E-state index contributed by atoms with van der Waals surface area (Å²) in [5.74, 6) is -0.280. The van der Waals surface area contributed by atoms with Gasteiger partial charge in [0.1, 0.15) is 4.21 Å². The van der Waals surface area contributed by atoms with Gasteiger partial charge in [-0.25, -0.2) is 13.1 Å². The van der Waals surface area contributed by atoms with Crippen LogP contribution in [-0.4, -0.2) is 63.3 Å². The Balaban J connectivity index is 1.88. The predicted octanol–water partition coefficient (Wildman–Crippen LogP) is -0.365. The van der Waals surface area contributed by atoms with Crippen LogP contribution in [0.25, 0.3) is 0 Å². The van der Waals surface area contributed by atoms with Crippen LogP contribution in [0.5, 0.6) is 0 Å². The highest BCUT2D eigenvalue weighted by atomic mass is 32.2. The number of rotatable bonds is 5. The molecule has 21 heavy (non-hydrogen) atoms. The Morgan fingerprint density at radius 3 is 2.52 bits per heavy atom. The van der Waals surface area contributed by atoms with Gasteiger partial charge in [0.2, 0.25) is 12.3 Å². The molecule has 1 aliphatic heterocycles. The van der Waals surface area contributed by atoms with Crippen LogP contribution in [-0.2, 0) is 19.6 Å². The standard InChI is InChI=1S/C12H17N3O4S2/c1-10-2-3-12(20-10)21(18,19)13-8-11(17)15-6-4-14(9-16)5-7-15/h2-3,9,13H,4-8H2,1H3. The second-order valence-corrected chi connectivity index (χ2v) is 7.99. The zero-order valence-corrected chi connectivity index (χ0v) is 13.2. The number of nitrogens with zero attached hydrogens (tertiary/aromatic N) is 2. The van der Waals surface area contributed by atoms with Gasteiger partial charge in [0.15, 0.2) is 0 Å². The number of amides is 2.